The van der Waals surface area contributed by atoms with Gasteiger partial charge < -0.3 is 9.64 Å². The number of hydrogen-bond acceptors (Lipinski definition) is 4. The quantitative estimate of drug-likeness (QED) is 0.855. The van der Waals surface area contributed by atoms with Gasteiger partial charge in [-0.15, -0.1) is 0 Å². The predicted octanol–water partition coefficient (Wildman–Crippen LogP) is 3.61. The van der Waals surface area contributed by atoms with Gasteiger partial charge >= 0.3 is 0 Å². The van der Waals surface area contributed by atoms with Gasteiger partial charge in [0.05, 0.1) is 0 Å². The smallest absolute Gasteiger partial charge is 0.225 e. The van der Waals surface area contributed by atoms with Gasteiger partial charge in [-0.25, -0.2) is 4.98 Å². The Bertz CT molecular complexity index is 801. The van der Waals surface area contributed by atoms with Crippen LogP contribution in [0.4, 0.5) is 0 Å². The topological polar surface area (TPSA) is 55.3 Å². The molecule has 2 heterocycles. The van der Waals surface area contributed by atoms with Crippen molar-refractivity contribution in [3.8, 4) is 11.6 Å². The Kier molecular flexibility index (Phi) is 4.15. The summed E-state index contributed by atoms with van der Waals surface area (Å²) in [6, 6.07) is 9.76. The molecule has 5 heteroatoms. The summed E-state index contributed by atoms with van der Waals surface area (Å²) < 4.78 is 5.98. The van der Waals surface area contributed by atoms with E-state index in [0.717, 1.165) is 55.2 Å². The molecule has 1 saturated carbocycles. The van der Waals surface area contributed by atoms with Gasteiger partial charge in [-0.2, -0.15) is 4.98 Å². The summed E-state index contributed by atoms with van der Waals surface area (Å²) in [6.45, 7) is 5.51. The first kappa shape index (κ1) is 16.1. The van der Waals surface area contributed by atoms with Crippen LogP contribution < -0.4 is 4.74 Å². The van der Waals surface area contributed by atoms with Crippen LogP contribution in [0, 0.1) is 19.8 Å². The van der Waals surface area contributed by atoms with Gasteiger partial charge in [-0.1, -0.05) is 18.2 Å². The molecular weight excluding hydrogens is 314 g/mol. The number of rotatable bonds is 4. The highest BCUT2D eigenvalue weighted by Crippen LogP contribution is 2.35. The number of carbonyl (C=O) groups excluding carboxylic acids is 1. The molecule has 130 valence electrons. The summed E-state index contributed by atoms with van der Waals surface area (Å²) >= 11 is 0. The third-order valence-electron chi connectivity index (χ3n) is 4.95. The molecule has 1 atom stereocenters. The second-order valence-corrected chi connectivity index (χ2v) is 7.12. The second-order valence-electron chi connectivity index (χ2n) is 7.12. The zero-order chi connectivity index (χ0) is 17.4. The van der Waals surface area contributed by atoms with Crippen LogP contribution in [0.15, 0.2) is 30.3 Å². The number of hydrogen-bond donors (Lipinski definition) is 0. The van der Waals surface area contributed by atoms with Gasteiger partial charge in [0, 0.05) is 36.7 Å². The number of aryl methyl sites for hydroxylation is 2. The molecule has 2 fully saturated rings. The summed E-state index contributed by atoms with van der Waals surface area (Å²) in [5.41, 5.74) is 1.96. The van der Waals surface area contributed by atoms with Crippen molar-refractivity contribution >= 4 is 5.91 Å². The molecule has 0 N–H and O–H groups in total. The average molecular weight is 337 g/mol. The zero-order valence-electron chi connectivity index (χ0n) is 14.7. The molecule has 0 bridgehead atoms. The lowest BCUT2D eigenvalue weighted by Gasteiger charge is -2.16. The van der Waals surface area contributed by atoms with E-state index in [1.54, 1.807) is 0 Å². The normalized spacial score (nSPS) is 19.9. The van der Waals surface area contributed by atoms with E-state index < -0.39 is 0 Å². The monoisotopic (exact) mass is 337 g/mol. The first-order chi connectivity index (χ1) is 12.1. The summed E-state index contributed by atoms with van der Waals surface area (Å²) in [6.07, 6.45) is 3.02. The van der Waals surface area contributed by atoms with Gasteiger partial charge in [0.15, 0.2) is 0 Å². The lowest BCUT2D eigenvalue weighted by molar-refractivity contribution is -0.131. The van der Waals surface area contributed by atoms with Crippen LogP contribution in [0.5, 0.6) is 11.6 Å². The van der Waals surface area contributed by atoms with E-state index in [-0.39, 0.29) is 11.8 Å². The maximum Gasteiger partial charge on any atom is 0.225 e. The van der Waals surface area contributed by atoms with Gasteiger partial charge in [0.2, 0.25) is 11.8 Å². The van der Waals surface area contributed by atoms with Gasteiger partial charge in [-0.05, 0) is 44.7 Å². The molecule has 1 amide bonds. The molecule has 1 saturated heterocycles. The first-order valence-corrected chi connectivity index (χ1v) is 8.98. The van der Waals surface area contributed by atoms with Gasteiger partial charge in [0.25, 0.3) is 0 Å². The number of likely N-dealkylation sites (tertiary alicyclic amines) is 1. The fraction of sp³-hybridized carbons (Fsp3) is 0.450. The molecule has 1 aliphatic heterocycles. The van der Waals surface area contributed by atoms with Crippen LogP contribution in [0.1, 0.15) is 42.3 Å². The minimum Gasteiger partial charge on any atom is -0.439 e. The maximum atomic E-state index is 12.3. The van der Waals surface area contributed by atoms with Crippen molar-refractivity contribution < 1.29 is 9.53 Å². The molecule has 0 radical (unpaired) electrons. The van der Waals surface area contributed by atoms with Crippen LogP contribution in [-0.2, 0) is 4.79 Å². The highest BCUT2D eigenvalue weighted by molar-refractivity contribution is 5.81. The number of benzene rings is 1. The Labute approximate surface area is 148 Å². The Morgan fingerprint density at radius 1 is 1.16 bits per heavy atom. The summed E-state index contributed by atoms with van der Waals surface area (Å²) in [4.78, 5) is 23.5. The average Bonchev–Trinajstić information content (AvgIpc) is 3.32. The summed E-state index contributed by atoms with van der Waals surface area (Å²) in [5.74, 6) is 2.95. The third kappa shape index (κ3) is 3.50. The van der Waals surface area contributed by atoms with Crippen molar-refractivity contribution in [1.82, 2.24) is 14.9 Å². The third-order valence-corrected chi connectivity index (χ3v) is 4.95. The Balaban J connectivity index is 1.52. The largest absolute Gasteiger partial charge is 0.439 e. The van der Waals surface area contributed by atoms with E-state index in [9.17, 15) is 4.79 Å². The lowest BCUT2D eigenvalue weighted by Crippen LogP contribution is -2.29. The van der Waals surface area contributed by atoms with Crippen molar-refractivity contribution in [3.05, 3.63) is 47.4 Å². The van der Waals surface area contributed by atoms with Crippen LogP contribution in [0.3, 0.4) is 0 Å². The Morgan fingerprint density at radius 2 is 1.96 bits per heavy atom. The molecule has 2 aliphatic rings. The van der Waals surface area contributed by atoms with E-state index in [0.29, 0.717) is 11.8 Å². The van der Waals surface area contributed by atoms with Crippen molar-refractivity contribution in [2.75, 3.05) is 13.1 Å². The van der Waals surface area contributed by atoms with E-state index in [4.69, 9.17) is 4.74 Å². The van der Waals surface area contributed by atoms with Crippen LogP contribution >= 0.6 is 0 Å². The molecular formula is C20H23N3O2. The molecule has 1 aromatic heterocycles. The molecule has 4 rings (SSSR count). The van der Waals surface area contributed by atoms with Crippen molar-refractivity contribution in [2.24, 2.45) is 5.92 Å². The van der Waals surface area contributed by atoms with Crippen LogP contribution in [-0.4, -0.2) is 33.9 Å². The summed E-state index contributed by atoms with van der Waals surface area (Å²) in [5, 5.41) is 0. The molecule has 0 spiro atoms. The van der Waals surface area contributed by atoms with Crippen LogP contribution in [0.25, 0.3) is 0 Å². The maximum absolute atomic E-state index is 12.3. The highest BCUT2D eigenvalue weighted by atomic mass is 16.5. The van der Waals surface area contributed by atoms with E-state index >= 15 is 0 Å². The molecule has 2 aromatic rings. The van der Waals surface area contributed by atoms with Crippen molar-refractivity contribution in [3.63, 3.8) is 0 Å². The molecule has 5 nitrogen and oxygen atoms in total. The number of carbonyl (C=O) groups is 1. The molecule has 1 aliphatic carbocycles. The standard InChI is InChI=1S/C20H23N3O2/c1-13-5-3-4-6-17(13)25-18-11-14(2)21-19(22-18)16-9-10-23(12-16)20(24)15-7-8-15/h3-6,11,15-16H,7-10,12H2,1-2H3. The number of nitrogens with zero attached hydrogens (tertiary/aromatic N) is 3. The predicted molar refractivity (Wildman–Crippen MR) is 94.7 cm³/mol. The SMILES string of the molecule is Cc1cc(Oc2ccccc2C)nc(C2CCN(C(=O)C3CC3)C2)n1. The fourth-order valence-electron chi connectivity index (χ4n) is 3.34. The summed E-state index contributed by atoms with van der Waals surface area (Å²) in [7, 11) is 0. The van der Waals surface area contributed by atoms with E-state index in [1.165, 1.54) is 0 Å². The molecule has 25 heavy (non-hydrogen) atoms. The second kappa shape index (κ2) is 6.47. The first-order valence-electron chi connectivity index (χ1n) is 8.98. The Hall–Kier alpha value is -2.43. The zero-order valence-corrected chi connectivity index (χ0v) is 14.7. The minimum absolute atomic E-state index is 0.196. The number of amides is 1. The molecule has 1 unspecified atom stereocenters. The van der Waals surface area contributed by atoms with E-state index in [2.05, 4.69) is 9.97 Å². The minimum atomic E-state index is 0.196. The lowest BCUT2D eigenvalue weighted by atomic mass is 10.1. The number of ether oxygens (including phenoxy) is 1. The molecule has 1 aromatic carbocycles. The number of para-hydroxylation sites is 1. The fourth-order valence-corrected chi connectivity index (χ4v) is 3.34. The van der Waals surface area contributed by atoms with Crippen molar-refractivity contribution in [1.29, 1.82) is 0 Å². The number of aromatic nitrogens is 2. The highest BCUT2D eigenvalue weighted by Gasteiger charge is 2.37. The van der Waals surface area contributed by atoms with Gasteiger partial charge in [0.1, 0.15) is 11.6 Å². The van der Waals surface area contributed by atoms with Gasteiger partial charge in [-0.3, -0.25) is 4.79 Å². The Morgan fingerprint density at radius 3 is 2.72 bits per heavy atom. The van der Waals surface area contributed by atoms with Crippen molar-refractivity contribution in [2.45, 2.75) is 39.0 Å². The van der Waals surface area contributed by atoms with Crippen LogP contribution in [0.2, 0.25) is 0 Å². The van der Waals surface area contributed by atoms with E-state index in [1.807, 2.05) is 49.1 Å².